The van der Waals surface area contributed by atoms with Crippen LogP contribution in [-0.2, 0) is 12.8 Å². The van der Waals surface area contributed by atoms with E-state index in [0.29, 0.717) is 0 Å². The van der Waals surface area contributed by atoms with Crippen LogP contribution in [-0.4, -0.2) is 0 Å². The SMILES string of the molecule is CCCCCC1CCC(C2CC=C(CCc3ccc(CCC)c(F)c3)CC2)CC1. The summed E-state index contributed by atoms with van der Waals surface area (Å²) in [5, 5.41) is 0. The third-order valence-corrected chi connectivity index (χ3v) is 7.69. The third kappa shape index (κ3) is 6.97. The van der Waals surface area contributed by atoms with Crippen LogP contribution >= 0.6 is 0 Å². The number of hydrogen-bond donors (Lipinski definition) is 0. The molecule has 29 heavy (non-hydrogen) atoms. The summed E-state index contributed by atoms with van der Waals surface area (Å²) in [5.74, 6) is 2.93. The van der Waals surface area contributed by atoms with Crippen molar-refractivity contribution >= 4 is 0 Å². The van der Waals surface area contributed by atoms with E-state index in [2.05, 4.69) is 26.0 Å². The van der Waals surface area contributed by atoms with E-state index in [1.165, 1.54) is 70.6 Å². The fourth-order valence-electron chi connectivity index (χ4n) is 5.72. The molecule has 1 atom stereocenters. The molecule has 1 aromatic carbocycles. The fourth-order valence-corrected chi connectivity index (χ4v) is 5.72. The summed E-state index contributed by atoms with van der Waals surface area (Å²) in [7, 11) is 0. The Balaban J connectivity index is 1.39. The van der Waals surface area contributed by atoms with Gasteiger partial charge < -0.3 is 0 Å². The molecular formula is C28H43F. The fraction of sp³-hybridized carbons (Fsp3) is 0.714. The molecule has 1 unspecified atom stereocenters. The summed E-state index contributed by atoms with van der Waals surface area (Å²) in [4.78, 5) is 0. The summed E-state index contributed by atoms with van der Waals surface area (Å²) >= 11 is 0. The number of halogens is 1. The van der Waals surface area contributed by atoms with E-state index in [0.717, 1.165) is 54.6 Å². The standard InChI is InChI=1S/C28H43F/c1-3-5-6-8-22-11-16-25(17-12-22)26-18-13-23(14-19-26)9-10-24-15-20-27(7-4-2)28(29)21-24/h13,15,20-22,25-26H,3-12,14,16-19H2,1-2H3. The summed E-state index contributed by atoms with van der Waals surface area (Å²) in [6.07, 6.45) is 22.1. The van der Waals surface area contributed by atoms with Crippen molar-refractivity contribution in [2.45, 2.75) is 110 Å². The zero-order valence-corrected chi connectivity index (χ0v) is 19.0. The highest BCUT2D eigenvalue weighted by Crippen LogP contribution is 2.41. The van der Waals surface area contributed by atoms with Gasteiger partial charge in [-0.15, -0.1) is 0 Å². The highest BCUT2D eigenvalue weighted by atomic mass is 19.1. The maximum absolute atomic E-state index is 14.2. The lowest BCUT2D eigenvalue weighted by Crippen LogP contribution is -2.23. The zero-order valence-electron chi connectivity index (χ0n) is 19.0. The largest absolute Gasteiger partial charge is 0.207 e. The van der Waals surface area contributed by atoms with Gasteiger partial charge in [-0.2, -0.15) is 0 Å². The highest BCUT2D eigenvalue weighted by molar-refractivity contribution is 5.25. The quantitative estimate of drug-likeness (QED) is 0.273. The number of hydrogen-bond acceptors (Lipinski definition) is 0. The number of aryl methyl sites for hydroxylation is 2. The maximum atomic E-state index is 14.2. The van der Waals surface area contributed by atoms with Gasteiger partial charge in [0.15, 0.2) is 0 Å². The molecule has 2 aliphatic carbocycles. The Morgan fingerprint density at radius 3 is 2.34 bits per heavy atom. The van der Waals surface area contributed by atoms with Gasteiger partial charge in [0.25, 0.3) is 0 Å². The molecular weight excluding hydrogens is 355 g/mol. The molecule has 0 heterocycles. The molecule has 0 amide bonds. The van der Waals surface area contributed by atoms with Crippen LogP contribution in [0.4, 0.5) is 4.39 Å². The van der Waals surface area contributed by atoms with Crippen molar-refractivity contribution < 1.29 is 4.39 Å². The molecule has 2 aliphatic rings. The van der Waals surface area contributed by atoms with Crippen molar-refractivity contribution in [2.24, 2.45) is 17.8 Å². The molecule has 0 aliphatic heterocycles. The molecule has 0 saturated heterocycles. The summed E-state index contributed by atoms with van der Waals surface area (Å²) < 4.78 is 14.2. The van der Waals surface area contributed by atoms with Gasteiger partial charge in [0, 0.05) is 0 Å². The molecule has 0 aromatic heterocycles. The first-order chi connectivity index (χ1) is 14.2. The van der Waals surface area contributed by atoms with E-state index in [9.17, 15) is 4.39 Å². The van der Waals surface area contributed by atoms with Crippen molar-refractivity contribution in [3.63, 3.8) is 0 Å². The molecule has 0 bridgehead atoms. The minimum atomic E-state index is -0.00710. The van der Waals surface area contributed by atoms with Gasteiger partial charge in [-0.3, -0.25) is 0 Å². The average Bonchev–Trinajstić information content (AvgIpc) is 2.75. The normalized spacial score (nSPS) is 25.1. The second kappa shape index (κ2) is 11.9. The monoisotopic (exact) mass is 398 g/mol. The van der Waals surface area contributed by atoms with E-state index in [-0.39, 0.29) is 5.82 Å². The molecule has 1 saturated carbocycles. The van der Waals surface area contributed by atoms with Gasteiger partial charge in [-0.05, 0) is 86.3 Å². The molecule has 1 heteroatoms. The van der Waals surface area contributed by atoms with Gasteiger partial charge in [0.05, 0.1) is 0 Å². The summed E-state index contributed by atoms with van der Waals surface area (Å²) in [6, 6.07) is 5.91. The minimum Gasteiger partial charge on any atom is -0.207 e. The van der Waals surface area contributed by atoms with Crippen molar-refractivity contribution in [3.8, 4) is 0 Å². The average molecular weight is 399 g/mol. The van der Waals surface area contributed by atoms with Crippen LogP contribution in [0.2, 0.25) is 0 Å². The topological polar surface area (TPSA) is 0 Å². The Morgan fingerprint density at radius 1 is 0.862 bits per heavy atom. The van der Waals surface area contributed by atoms with Crippen molar-refractivity contribution in [3.05, 3.63) is 46.8 Å². The summed E-state index contributed by atoms with van der Waals surface area (Å²) in [6.45, 7) is 4.42. The lowest BCUT2D eigenvalue weighted by Gasteiger charge is -2.35. The van der Waals surface area contributed by atoms with Crippen molar-refractivity contribution in [2.75, 3.05) is 0 Å². The Hall–Kier alpha value is -1.11. The molecule has 1 fully saturated rings. The number of allylic oxidation sites excluding steroid dienone is 2. The van der Waals surface area contributed by atoms with Crippen LogP contribution in [0.3, 0.4) is 0 Å². The van der Waals surface area contributed by atoms with Gasteiger partial charge in [0.1, 0.15) is 5.82 Å². The Morgan fingerprint density at radius 2 is 1.69 bits per heavy atom. The van der Waals surface area contributed by atoms with E-state index in [1.54, 1.807) is 11.6 Å². The van der Waals surface area contributed by atoms with Crippen molar-refractivity contribution in [1.29, 1.82) is 0 Å². The van der Waals surface area contributed by atoms with E-state index >= 15 is 0 Å². The number of rotatable bonds is 10. The Labute approximate surface area is 179 Å². The van der Waals surface area contributed by atoms with Gasteiger partial charge in [-0.1, -0.05) is 82.6 Å². The summed E-state index contributed by atoms with van der Waals surface area (Å²) in [5.41, 5.74) is 3.65. The first-order valence-corrected chi connectivity index (χ1v) is 12.6. The Bertz CT molecular complexity index is 636. The predicted octanol–water partition coefficient (Wildman–Crippen LogP) is 8.82. The van der Waals surface area contributed by atoms with Gasteiger partial charge >= 0.3 is 0 Å². The molecule has 162 valence electrons. The first kappa shape index (κ1) is 22.6. The van der Waals surface area contributed by atoms with Crippen LogP contribution in [0, 0.1) is 23.6 Å². The molecule has 1 aromatic rings. The lowest BCUT2D eigenvalue weighted by molar-refractivity contribution is 0.185. The lowest BCUT2D eigenvalue weighted by atomic mass is 9.70. The number of unbranched alkanes of at least 4 members (excludes halogenated alkanes) is 2. The van der Waals surface area contributed by atoms with Crippen LogP contribution in [0.1, 0.15) is 108 Å². The smallest absolute Gasteiger partial charge is 0.126 e. The van der Waals surface area contributed by atoms with Crippen LogP contribution < -0.4 is 0 Å². The van der Waals surface area contributed by atoms with Crippen molar-refractivity contribution in [1.82, 2.24) is 0 Å². The van der Waals surface area contributed by atoms with E-state index in [4.69, 9.17) is 0 Å². The third-order valence-electron chi connectivity index (χ3n) is 7.69. The van der Waals surface area contributed by atoms with Crippen LogP contribution in [0.15, 0.2) is 29.8 Å². The molecule has 0 nitrogen and oxygen atoms in total. The number of benzene rings is 1. The molecule has 0 radical (unpaired) electrons. The van der Waals surface area contributed by atoms with E-state index < -0.39 is 0 Å². The van der Waals surface area contributed by atoms with Crippen LogP contribution in [0.5, 0.6) is 0 Å². The minimum absolute atomic E-state index is 0.00710. The van der Waals surface area contributed by atoms with Crippen LogP contribution in [0.25, 0.3) is 0 Å². The molecule has 0 spiro atoms. The first-order valence-electron chi connectivity index (χ1n) is 12.6. The van der Waals surface area contributed by atoms with E-state index in [1.807, 2.05) is 6.07 Å². The van der Waals surface area contributed by atoms with Gasteiger partial charge in [-0.25, -0.2) is 4.39 Å². The maximum Gasteiger partial charge on any atom is 0.126 e. The molecule has 3 rings (SSSR count). The zero-order chi connectivity index (χ0) is 20.5. The Kier molecular flexibility index (Phi) is 9.28. The second-order valence-corrected chi connectivity index (χ2v) is 9.85. The molecule has 0 N–H and O–H groups in total. The predicted molar refractivity (Wildman–Crippen MR) is 124 cm³/mol. The van der Waals surface area contributed by atoms with Gasteiger partial charge in [0.2, 0.25) is 0 Å². The highest BCUT2D eigenvalue weighted by Gasteiger charge is 2.28. The second-order valence-electron chi connectivity index (χ2n) is 9.85.